The van der Waals surface area contributed by atoms with Gasteiger partial charge < -0.3 is 24.8 Å². The number of para-hydroxylation sites is 2. The summed E-state index contributed by atoms with van der Waals surface area (Å²) in [6.45, 7) is 6.12. The molecule has 1 N–H and O–H groups in total. The molecule has 0 spiro atoms. The average Bonchev–Trinajstić information content (AvgIpc) is 3.51. The molecule has 3 fully saturated rings. The van der Waals surface area contributed by atoms with Gasteiger partial charge in [-0.05, 0) is 32.0 Å². The number of hydrogen-bond donors (Lipinski definition) is 1. The van der Waals surface area contributed by atoms with Crippen molar-refractivity contribution in [3.05, 3.63) is 24.3 Å². The minimum absolute atomic E-state index is 0.00282. The molecule has 7 nitrogen and oxygen atoms in total. The first kappa shape index (κ1) is 18.3. The number of ether oxygens (including phenoxy) is 1. The first-order valence-electron chi connectivity index (χ1n) is 9.81. The Balaban J connectivity index is 1.47. The van der Waals surface area contributed by atoms with Gasteiger partial charge in [-0.1, -0.05) is 12.1 Å². The lowest BCUT2D eigenvalue weighted by atomic mass is 10.0. The monoisotopic (exact) mass is 372 g/mol. The molecule has 2 amide bonds. The SMILES string of the molecule is CN1CCN(C(=O)C2(C(=O)Nc3ccccc3N3CCOCC3)CC2)CC1. The number of carbonyl (C=O) groups excluding carboxylic acids is 2. The standard InChI is InChI=1S/C20H28N4O3/c1-22-8-10-24(11-9-22)19(26)20(6-7-20)18(25)21-16-4-2-3-5-17(16)23-12-14-27-15-13-23/h2-5H,6-15H2,1H3,(H,21,25). The van der Waals surface area contributed by atoms with Crippen LogP contribution in [-0.4, -0.2) is 81.1 Å². The number of morpholine rings is 1. The van der Waals surface area contributed by atoms with E-state index >= 15 is 0 Å². The third-order valence-electron chi connectivity index (χ3n) is 5.89. The maximum Gasteiger partial charge on any atom is 0.240 e. The highest BCUT2D eigenvalue weighted by Gasteiger charge is 2.58. The first-order chi connectivity index (χ1) is 13.1. The van der Waals surface area contributed by atoms with Crippen molar-refractivity contribution >= 4 is 23.2 Å². The second-order valence-electron chi connectivity index (χ2n) is 7.75. The summed E-state index contributed by atoms with van der Waals surface area (Å²) in [7, 11) is 2.06. The molecule has 4 rings (SSSR count). The zero-order chi connectivity index (χ0) is 18.9. The Hall–Kier alpha value is -2.12. The molecule has 0 radical (unpaired) electrons. The predicted molar refractivity (Wildman–Crippen MR) is 104 cm³/mol. The van der Waals surface area contributed by atoms with Crippen LogP contribution in [0.2, 0.25) is 0 Å². The number of rotatable bonds is 4. The summed E-state index contributed by atoms with van der Waals surface area (Å²) in [6.07, 6.45) is 1.29. The van der Waals surface area contributed by atoms with Crippen molar-refractivity contribution in [2.45, 2.75) is 12.8 Å². The Bertz CT molecular complexity index is 705. The highest BCUT2D eigenvalue weighted by atomic mass is 16.5. The van der Waals surface area contributed by atoms with E-state index in [-0.39, 0.29) is 11.8 Å². The lowest BCUT2D eigenvalue weighted by Gasteiger charge is -2.34. The van der Waals surface area contributed by atoms with Crippen molar-refractivity contribution in [1.82, 2.24) is 9.80 Å². The van der Waals surface area contributed by atoms with Crippen molar-refractivity contribution in [3.8, 4) is 0 Å². The van der Waals surface area contributed by atoms with E-state index < -0.39 is 5.41 Å². The summed E-state index contributed by atoms with van der Waals surface area (Å²) in [5, 5.41) is 3.06. The third kappa shape index (κ3) is 3.66. The van der Waals surface area contributed by atoms with Crippen LogP contribution in [0.25, 0.3) is 0 Å². The highest BCUT2D eigenvalue weighted by molar-refractivity contribution is 6.13. The molecule has 0 unspecified atom stereocenters. The van der Waals surface area contributed by atoms with Gasteiger partial charge in [0.05, 0.1) is 24.6 Å². The predicted octanol–water partition coefficient (Wildman–Crippen LogP) is 1.02. The van der Waals surface area contributed by atoms with Gasteiger partial charge in [-0.15, -0.1) is 0 Å². The lowest BCUT2D eigenvalue weighted by molar-refractivity contribution is -0.143. The van der Waals surface area contributed by atoms with E-state index in [1.54, 1.807) is 0 Å². The quantitative estimate of drug-likeness (QED) is 0.800. The summed E-state index contributed by atoms with van der Waals surface area (Å²) >= 11 is 0. The lowest BCUT2D eigenvalue weighted by Crippen LogP contribution is -2.51. The fraction of sp³-hybridized carbons (Fsp3) is 0.600. The van der Waals surface area contributed by atoms with Crippen LogP contribution in [-0.2, 0) is 14.3 Å². The van der Waals surface area contributed by atoms with E-state index in [4.69, 9.17) is 4.74 Å². The fourth-order valence-corrected chi connectivity index (χ4v) is 3.88. The van der Waals surface area contributed by atoms with Crippen LogP contribution in [0, 0.1) is 5.41 Å². The van der Waals surface area contributed by atoms with E-state index in [1.165, 1.54) is 0 Å². The van der Waals surface area contributed by atoms with Crippen LogP contribution in [0.15, 0.2) is 24.3 Å². The van der Waals surface area contributed by atoms with Gasteiger partial charge in [0.2, 0.25) is 11.8 Å². The molecular formula is C20H28N4O3. The molecule has 2 aliphatic heterocycles. The molecule has 7 heteroatoms. The normalized spacial score (nSPS) is 22.4. The topological polar surface area (TPSA) is 65.1 Å². The van der Waals surface area contributed by atoms with E-state index in [0.717, 1.165) is 37.6 Å². The summed E-state index contributed by atoms with van der Waals surface area (Å²) in [4.78, 5) is 32.4. The van der Waals surface area contributed by atoms with Crippen LogP contribution in [0.1, 0.15) is 12.8 Å². The van der Waals surface area contributed by atoms with E-state index in [2.05, 4.69) is 22.2 Å². The van der Waals surface area contributed by atoms with Gasteiger partial charge in [-0.25, -0.2) is 0 Å². The van der Waals surface area contributed by atoms with Crippen molar-refractivity contribution in [2.75, 3.05) is 69.7 Å². The summed E-state index contributed by atoms with van der Waals surface area (Å²) in [5.74, 6) is -0.163. The van der Waals surface area contributed by atoms with Gasteiger partial charge in [0.1, 0.15) is 5.41 Å². The summed E-state index contributed by atoms with van der Waals surface area (Å²) in [6, 6.07) is 7.83. The summed E-state index contributed by atoms with van der Waals surface area (Å²) < 4.78 is 5.43. The number of anilines is 2. The smallest absolute Gasteiger partial charge is 0.240 e. The van der Waals surface area contributed by atoms with Crippen molar-refractivity contribution in [2.24, 2.45) is 5.41 Å². The second-order valence-corrected chi connectivity index (χ2v) is 7.75. The molecule has 1 aromatic rings. The second kappa shape index (κ2) is 7.48. The molecule has 3 aliphatic rings. The molecule has 27 heavy (non-hydrogen) atoms. The molecule has 1 saturated carbocycles. The van der Waals surface area contributed by atoms with Crippen molar-refractivity contribution < 1.29 is 14.3 Å². The van der Waals surface area contributed by atoms with Crippen molar-refractivity contribution in [1.29, 1.82) is 0 Å². The number of hydrogen-bond acceptors (Lipinski definition) is 5. The molecule has 0 atom stereocenters. The highest BCUT2D eigenvalue weighted by Crippen LogP contribution is 2.48. The minimum atomic E-state index is -0.867. The molecule has 1 aromatic carbocycles. The molecule has 0 bridgehead atoms. The Morgan fingerprint density at radius 2 is 1.67 bits per heavy atom. The number of likely N-dealkylation sites (N-methyl/N-ethyl adjacent to an activating group) is 1. The van der Waals surface area contributed by atoms with Crippen LogP contribution in [0.3, 0.4) is 0 Å². The van der Waals surface area contributed by atoms with E-state index in [9.17, 15) is 9.59 Å². The molecule has 2 heterocycles. The minimum Gasteiger partial charge on any atom is -0.378 e. The average molecular weight is 372 g/mol. The Morgan fingerprint density at radius 1 is 1.00 bits per heavy atom. The Labute approximate surface area is 160 Å². The fourth-order valence-electron chi connectivity index (χ4n) is 3.88. The van der Waals surface area contributed by atoms with Gasteiger partial charge in [0.15, 0.2) is 0 Å². The number of amides is 2. The van der Waals surface area contributed by atoms with Crippen LogP contribution >= 0.6 is 0 Å². The maximum absolute atomic E-state index is 13.1. The maximum atomic E-state index is 13.1. The van der Waals surface area contributed by atoms with E-state index in [1.807, 2.05) is 29.2 Å². The zero-order valence-corrected chi connectivity index (χ0v) is 15.9. The first-order valence-corrected chi connectivity index (χ1v) is 9.81. The summed E-state index contributed by atoms with van der Waals surface area (Å²) in [5.41, 5.74) is 0.910. The molecule has 146 valence electrons. The van der Waals surface area contributed by atoms with Gasteiger partial charge in [-0.2, -0.15) is 0 Å². The van der Waals surface area contributed by atoms with Gasteiger partial charge >= 0.3 is 0 Å². The number of carbonyl (C=O) groups is 2. The van der Waals surface area contributed by atoms with E-state index in [0.29, 0.717) is 39.1 Å². The largest absolute Gasteiger partial charge is 0.378 e. The Kier molecular flexibility index (Phi) is 5.06. The molecule has 0 aromatic heterocycles. The molecular weight excluding hydrogens is 344 g/mol. The van der Waals surface area contributed by atoms with Crippen LogP contribution < -0.4 is 10.2 Å². The molecule has 1 aliphatic carbocycles. The Morgan fingerprint density at radius 3 is 2.33 bits per heavy atom. The number of benzene rings is 1. The molecule has 2 saturated heterocycles. The number of nitrogens with zero attached hydrogens (tertiary/aromatic N) is 3. The van der Waals surface area contributed by atoms with Crippen LogP contribution in [0.4, 0.5) is 11.4 Å². The number of piperazine rings is 1. The third-order valence-corrected chi connectivity index (χ3v) is 5.89. The van der Waals surface area contributed by atoms with Gasteiger partial charge in [0, 0.05) is 39.3 Å². The number of nitrogens with one attached hydrogen (secondary N) is 1. The zero-order valence-electron chi connectivity index (χ0n) is 15.9. The van der Waals surface area contributed by atoms with Gasteiger partial charge in [-0.3, -0.25) is 9.59 Å². The van der Waals surface area contributed by atoms with Crippen molar-refractivity contribution in [3.63, 3.8) is 0 Å². The van der Waals surface area contributed by atoms with Gasteiger partial charge in [0.25, 0.3) is 0 Å². The van der Waals surface area contributed by atoms with Crippen LogP contribution in [0.5, 0.6) is 0 Å².